The van der Waals surface area contributed by atoms with Crippen molar-refractivity contribution in [2.75, 3.05) is 31.6 Å². The van der Waals surface area contributed by atoms with Crippen molar-refractivity contribution in [1.29, 1.82) is 0 Å². The Bertz CT molecular complexity index is 423. The third-order valence-corrected chi connectivity index (χ3v) is 3.06. The zero-order chi connectivity index (χ0) is 14.3. The Morgan fingerprint density at radius 1 is 1.32 bits per heavy atom. The smallest absolute Gasteiger partial charge is 0.239 e. The number of carbonyl (C=O) groups excluding carboxylic acids is 1. The number of likely N-dealkylation sites (N-methyl/N-ethyl adjacent to an activating group) is 2. The number of halogens is 1. The third kappa shape index (κ3) is 5.09. The topological polar surface area (TPSA) is 44.4 Å². The molecule has 4 nitrogen and oxygen atoms in total. The molecule has 1 amide bonds. The van der Waals surface area contributed by atoms with E-state index in [1.54, 1.807) is 0 Å². The van der Waals surface area contributed by atoms with Crippen LogP contribution in [0, 0.1) is 0 Å². The van der Waals surface area contributed by atoms with Crippen LogP contribution in [0.5, 0.6) is 0 Å². The summed E-state index contributed by atoms with van der Waals surface area (Å²) in [5, 5.41) is 6.69. The maximum atomic E-state index is 11.5. The summed E-state index contributed by atoms with van der Waals surface area (Å²) in [7, 11) is 1.86. The maximum absolute atomic E-state index is 11.5. The molecule has 0 bridgehead atoms. The van der Waals surface area contributed by atoms with E-state index in [4.69, 9.17) is 11.6 Å². The fourth-order valence-electron chi connectivity index (χ4n) is 1.79. The van der Waals surface area contributed by atoms with Gasteiger partial charge in [0.05, 0.1) is 17.3 Å². The average molecular weight is 284 g/mol. The van der Waals surface area contributed by atoms with Gasteiger partial charge in [0.25, 0.3) is 0 Å². The monoisotopic (exact) mass is 283 g/mol. The van der Waals surface area contributed by atoms with Gasteiger partial charge in [-0.1, -0.05) is 24.6 Å². The second kappa shape index (κ2) is 8.02. The third-order valence-electron chi connectivity index (χ3n) is 2.76. The van der Waals surface area contributed by atoms with Crippen LogP contribution < -0.4 is 15.5 Å². The molecule has 0 aromatic heterocycles. The highest BCUT2D eigenvalue weighted by atomic mass is 35.5. The summed E-state index contributed by atoms with van der Waals surface area (Å²) >= 11 is 6.26. The molecule has 0 saturated heterocycles. The van der Waals surface area contributed by atoms with Gasteiger partial charge in [-0.15, -0.1) is 0 Å². The van der Waals surface area contributed by atoms with Crippen molar-refractivity contribution in [2.24, 2.45) is 0 Å². The standard InChI is InChI=1S/C14H22ClN3O/c1-4-16-9-11-6-7-13(12(15)8-11)18(3)10-14(19)17-5-2/h6-8,16H,4-5,9-10H2,1-3H3,(H,17,19). The Morgan fingerprint density at radius 2 is 2.05 bits per heavy atom. The Labute approximate surface area is 120 Å². The molecule has 0 atom stereocenters. The predicted molar refractivity (Wildman–Crippen MR) is 80.8 cm³/mol. The number of rotatable bonds is 7. The van der Waals surface area contributed by atoms with Gasteiger partial charge in [0.15, 0.2) is 0 Å². The van der Waals surface area contributed by atoms with Crippen LogP contribution in [0.15, 0.2) is 18.2 Å². The second-order valence-electron chi connectivity index (χ2n) is 4.38. The van der Waals surface area contributed by atoms with E-state index >= 15 is 0 Å². The summed E-state index contributed by atoms with van der Waals surface area (Å²) in [4.78, 5) is 13.4. The van der Waals surface area contributed by atoms with Gasteiger partial charge in [0.2, 0.25) is 5.91 Å². The quantitative estimate of drug-likeness (QED) is 0.805. The van der Waals surface area contributed by atoms with Crippen LogP contribution in [-0.2, 0) is 11.3 Å². The number of nitrogens with one attached hydrogen (secondary N) is 2. The number of amides is 1. The van der Waals surface area contributed by atoms with E-state index in [-0.39, 0.29) is 5.91 Å². The lowest BCUT2D eigenvalue weighted by molar-refractivity contribution is -0.119. The molecule has 0 saturated carbocycles. The molecule has 0 aliphatic carbocycles. The molecule has 106 valence electrons. The van der Waals surface area contributed by atoms with Gasteiger partial charge >= 0.3 is 0 Å². The summed E-state index contributed by atoms with van der Waals surface area (Å²) in [5.74, 6) is -0.00204. The average Bonchev–Trinajstić information content (AvgIpc) is 2.36. The van der Waals surface area contributed by atoms with Crippen molar-refractivity contribution in [3.8, 4) is 0 Å². The molecule has 1 aromatic carbocycles. The van der Waals surface area contributed by atoms with E-state index in [1.807, 2.05) is 37.1 Å². The van der Waals surface area contributed by atoms with Crippen LogP contribution in [0.25, 0.3) is 0 Å². The Hall–Kier alpha value is -1.26. The summed E-state index contributed by atoms with van der Waals surface area (Å²) < 4.78 is 0. The first-order valence-corrected chi connectivity index (χ1v) is 6.93. The minimum absolute atomic E-state index is 0.00204. The first kappa shape index (κ1) is 15.8. The summed E-state index contributed by atoms with van der Waals surface area (Å²) in [6.07, 6.45) is 0. The minimum atomic E-state index is -0.00204. The number of nitrogens with zero attached hydrogens (tertiary/aromatic N) is 1. The molecule has 0 radical (unpaired) electrons. The minimum Gasteiger partial charge on any atom is -0.364 e. The molecule has 19 heavy (non-hydrogen) atoms. The van der Waals surface area contributed by atoms with Crippen LogP contribution in [0.1, 0.15) is 19.4 Å². The van der Waals surface area contributed by atoms with Gasteiger partial charge < -0.3 is 15.5 Å². The van der Waals surface area contributed by atoms with E-state index in [0.717, 1.165) is 24.3 Å². The molecule has 0 aliphatic rings. The van der Waals surface area contributed by atoms with Crippen LogP contribution in [0.4, 0.5) is 5.69 Å². The Morgan fingerprint density at radius 3 is 2.63 bits per heavy atom. The highest BCUT2D eigenvalue weighted by molar-refractivity contribution is 6.33. The second-order valence-corrected chi connectivity index (χ2v) is 4.78. The van der Waals surface area contributed by atoms with E-state index in [9.17, 15) is 4.79 Å². The highest BCUT2D eigenvalue weighted by Crippen LogP contribution is 2.25. The zero-order valence-corrected chi connectivity index (χ0v) is 12.5. The number of benzene rings is 1. The van der Waals surface area contributed by atoms with Gasteiger partial charge in [0.1, 0.15) is 0 Å². The molecular formula is C14H22ClN3O. The normalized spacial score (nSPS) is 10.3. The van der Waals surface area contributed by atoms with E-state index < -0.39 is 0 Å². The largest absolute Gasteiger partial charge is 0.364 e. The van der Waals surface area contributed by atoms with Gasteiger partial charge in [-0.2, -0.15) is 0 Å². The van der Waals surface area contributed by atoms with Crippen molar-refractivity contribution < 1.29 is 4.79 Å². The van der Waals surface area contributed by atoms with Gasteiger partial charge in [-0.05, 0) is 31.2 Å². The van der Waals surface area contributed by atoms with Crippen molar-refractivity contribution in [1.82, 2.24) is 10.6 Å². The van der Waals surface area contributed by atoms with Crippen LogP contribution in [0.3, 0.4) is 0 Å². The lowest BCUT2D eigenvalue weighted by Gasteiger charge is -2.20. The molecule has 0 fully saturated rings. The molecule has 0 heterocycles. The number of anilines is 1. The van der Waals surface area contributed by atoms with Gasteiger partial charge in [-0.3, -0.25) is 4.79 Å². The van der Waals surface area contributed by atoms with Crippen molar-refractivity contribution in [2.45, 2.75) is 20.4 Å². The van der Waals surface area contributed by atoms with E-state index in [0.29, 0.717) is 18.1 Å². The molecule has 1 aromatic rings. The first-order chi connectivity index (χ1) is 9.08. The zero-order valence-electron chi connectivity index (χ0n) is 11.8. The SMILES string of the molecule is CCNCc1ccc(N(C)CC(=O)NCC)c(Cl)c1. The maximum Gasteiger partial charge on any atom is 0.239 e. The molecule has 0 spiro atoms. The lowest BCUT2D eigenvalue weighted by Crippen LogP contribution is -2.35. The molecule has 0 aliphatic heterocycles. The van der Waals surface area contributed by atoms with Crippen LogP contribution in [-0.4, -0.2) is 32.6 Å². The van der Waals surface area contributed by atoms with Gasteiger partial charge in [0, 0.05) is 20.1 Å². The van der Waals surface area contributed by atoms with E-state index in [2.05, 4.69) is 17.6 Å². The van der Waals surface area contributed by atoms with Gasteiger partial charge in [-0.25, -0.2) is 0 Å². The number of carbonyl (C=O) groups is 1. The fraction of sp³-hybridized carbons (Fsp3) is 0.500. The molecule has 0 unspecified atom stereocenters. The van der Waals surface area contributed by atoms with Crippen LogP contribution >= 0.6 is 11.6 Å². The van der Waals surface area contributed by atoms with Crippen molar-refractivity contribution >= 4 is 23.2 Å². The number of hydrogen-bond donors (Lipinski definition) is 2. The summed E-state index contributed by atoms with van der Waals surface area (Å²) in [6.45, 7) is 6.64. The molecule has 2 N–H and O–H groups in total. The summed E-state index contributed by atoms with van der Waals surface area (Å²) in [5.41, 5.74) is 2.01. The lowest BCUT2D eigenvalue weighted by atomic mass is 10.2. The summed E-state index contributed by atoms with van der Waals surface area (Å²) in [6, 6.07) is 5.92. The van der Waals surface area contributed by atoms with E-state index in [1.165, 1.54) is 0 Å². The van der Waals surface area contributed by atoms with Crippen molar-refractivity contribution in [3.05, 3.63) is 28.8 Å². The predicted octanol–water partition coefficient (Wildman–Crippen LogP) is 2.02. The van der Waals surface area contributed by atoms with Crippen LogP contribution in [0.2, 0.25) is 5.02 Å². The Balaban J connectivity index is 2.69. The Kier molecular flexibility index (Phi) is 6.67. The van der Waals surface area contributed by atoms with Crippen molar-refractivity contribution in [3.63, 3.8) is 0 Å². The first-order valence-electron chi connectivity index (χ1n) is 6.55. The molecular weight excluding hydrogens is 262 g/mol. The highest BCUT2D eigenvalue weighted by Gasteiger charge is 2.10. The number of hydrogen-bond acceptors (Lipinski definition) is 3. The fourth-order valence-corrected chi connectivity index (χ4v) is 2.14. The molecule has 5 heteroatoms. The molecule has 1 rings (SSSR count).